The quantitative estimate of drug-likeness (QED) is 0.759. The smallest absolute Gasteiger partial charge is 0.310 e. The third-order valence-electron chi connectivity index (χ3n) is 3.83. The predicted molar refractivity (Wildman–Crippen MR) is 88.7 cm³/mol. The molecule has 22 heavy (non-hydrogen) atoms. The molecule has 0 amide bonds. The van der Waals surface area contributed by atoms with Gasteiger partial charge in [0.2, 0.25) is 0 Å². The van der Waals surface area contributed by atoms with Crippen LogP contribution in [-0.2, 0) is 10.1 Å². The van der Waals surface area contributed by atoms with E-state index in [2.05, 4.69) is 16.3 Å². The largest absolute Gasteiger partial charge is 0.382 e. The molecule has 2 aromatic rings. The van der Waals surface area contributed by atoms with Crippen molar-refractivity contribution in [1.82, 2.24) is 4.90 Å². The molecule has 6 heteroatoms. The molecule has 1 atom stereocenters. The van der Waals surface area contributed by atoms with E-state index in [1.807, 2.05) is 12.1 Å². The molecule has 0 spiro atoms. The van der Waals surface area contributed by atoms with Crippen LogP contribution in [0.3, 0.4) is 0 Å². The first-order valence-electron chi connectivity index (χ1n) is 7.39. The summed E-state index contributed by atoms with van der Waals surface area (Å²) < 4.78 is 29.3. The van der Waals surface area contributed by atoms with Crippen LogP contribution in [-0.4, -0.2) is 32.2 Å². The SMILES string of the molecule is O=S(=O)(CCN1CCCC1c1cccs1)Oc1ccccc1. The summed E-state index contributed by atoms with van der Waals surface area (Å²) >= 11 is 1.74. The summed E-state index contributed by atoms with van der Waals surface area (Å²) in [4.78, 5) is 3.57. The topological polar surface area (TPSA) is 46.6 Å². The maximum atomic E-state index is 12.1. The average molecular weight is 337 g/mol. The van der Waals surface area contributed by atoms with Crippen molar-refractivity contribution in [3.8, 4) is 5.75 Å². The van der Waals surface area contributed by atoms with Crippen molar-refractivity contribution < 1.29 is 12.6 Å². The number of rotatable bonds is 6. The van der Waals surface area contributed by atoms with E-state index in [9.17, 15) is 8.42 Å². The van der Waals surface area contributed by atoms with Gasteiger partial charge in [0.25, 0.3) is 0 Å². The summed E-state index contributed by atoms with van der Waals surface area (Å²) in [5.41, 5.74) is 0. The van der Waals surface area contributed by atoms with Gasteiger partial charge in [-0.1, -0.05) is 24.3 Å². The van der Waals surface area contributed by atoms with Gasteiger partial charge >= 0.3 is 10.1 Å². The van der Waals surface area contributed by atoms with Gasteiger partial charge in [-0.15, -0.1) is 11.3 Å². The summed E-state index contributed by atoms with van der Waals surface area (Å²) in [6.45, 7) is 1.46. The third kappa shape index (κ3) is 3.88. The monoisotopic (exact) mass is 337 g/mol. The molecule has 0 saturated carbocycles. The first-order chi connectivity index (χ1) is 10.6. The fourth-order valence-electron chi connectivity index (χ4n) is 2.79. The molecule has 1 unspecified atom stereocenters. The van der Waals surface area contributed by atoms with Crippen LogP contribution in [0.15, 0.2) is 47.8 Å². The van der Waals surface area contributed by atoms with Crippen LogP contribution in [0.25, 0.3) is 0 Å². The number of likely N-dealkylation sites (tertiary alicyclic amines) is 1. The third-order valence-corrected chi connectivity index (χ3v) is 5.93. The van der Waals surface area contributed by atoms with E-state index in [4.69, 9.17) is 4.18 Å². The van der Waals surface area contributed by atoms with Crippen molar-refractivity contribution in [2.24, 2.45) is 0 Å². The van der Waals surface area contributed by atoms with Gasteiger partial charge in [-0.2, -0.15) is 8.42 Å². The van der Waals surface area contributed by atoms with Crippen LogP contribution in [0.4, 0.5) is 0 Å². The zero-order valence-corrected chi connectivity index (χ0v) is 13.9. The maximum Gasteiger partial charge on any atom is 0.310 e. The Hall–Kier alpha value is -1.37. The standard InChI is InChI=1S/C16H19NO3S2/c18-22(19,20-14-6-2-1-3-7-14)13-11-17-10-4-8-15(17)16-9-5-12-21-16/h1-3,5-7,9,12,15H,4,8,10-11,13H2. The van der Waals surface area contributed by atoms with Crippen LogP contribution in [0.1, 0.15) is 23.8 Å². The highest BCUT2D eigenvalue weighted by molar-refractivity contribution is 7.87. The fraction of sp³-hybridized carbons (Fsp3) is 0.375. The molecular weight excluding hydrogens is 318 g/mol. The second-order valence-electron chi connectivity index (χ2n) is 5.37. The van der Waals surface area contributed by atoms with E-state index >= 15 is 0 Å². The zero-order valence-electron chi connectivity index (χ0n) is 12.2. The minimum absolute atomic E-state index is 0.0176. The van der Waals surface area contributed by atoms with Gasteiger partial charge in [-0.25, -0.2) is 0 Å². The summed E-state index contributed by atoms with van der Waals surface area (Å²) in [6, 6.07) is 13.2. The number of hydrogen-bond acceptors (Lipinski definition) is 5. The van der Waals surface area contributed by atoms with Crippen molar-refractivity contribution in [1.29, 1.82) is 0 Å². The number of hydrogen-bond donors (Lipinski definition) is 0. The lowest BCUT2D eigenvalue weighted by Gasteiger charge is -2.23. The molecule has 1 fully saturated rings. The molecule has 1 saturated heterocycles. The molecule has 2 heterocycles. The molecule has 0 bridgehead atoms. The molecule has 4 nitrogen and oxygen atoms in total. The highest BCUT2D eigenvalue weighted by atomic mass is 32.2. The van der Waals surface area contributed by atoms with Gasteiger partial charge in [0.1, 0.15) is 5.75 Å². The first kappa shape index (κ1) is 15.5. The summed E-state index contributed by atoms with van der Waals surface area (Å²) in [5.74, 6) is 0.391. The molecule has 1 aromatic carbocycles. The number of benzene rings is 1. The lowest BCUT2D eigenvalue weighted by molar-refractivity contribution is 0.274. The summed E-state index contributed by atoms with van der Waals surface area (Å²) in [7, 11) is -3.55. The Bertz CT molecular complexity index is 683. The van der Waals surface area contributed by atoms with Crippen molar-refractivity contribution in [3.05, 3.63) is 52.7 Å². The van der Waals surface area contributed by atoms with E-state index in [1.165, 1.54) is 4.88 Å². The van der Waals surface area contributed by atoms with E-state index < -0.39 is 10.1 Å². The average Bonchev–Trinajstić information content (AvgIpc) is 3.17. The second-order valence-corrected chi connectivity index (χ2v) is 8.04. The van der Waals surface area contributed by atoms with Crippen LogP contribution < -0.4 is 4.18 Å². The molecule has 1 aromatic heterocycles. The van der Waals surface area contributed by atoms with Crippen molar-refractivity contribution in [2.45, 2.75) is 18.9 Å². The van der Waals surface area contributed by atoms with E-state index in [1.54, 1.807) is 35.6 Å². The molecule has 1 aliphatic rings. The van der Waals surface area contributed by atoms with Crippen LogP contribution in [0.5, 0.6) is 5.75 Å². The number of nitrogens with zero attached hydrogens (tertiary/aromatic N) is 1. The second kappa shape index (κ2) is 6.81. The fourth-order valence-corrected chi connectivity index (χ4v) is 4.63. The lowest BCUT2D eigenvalue weighted by Crippen LogP contribution is -2.30. The molecule has 118 valence electrons. The minimum atomic E-state index is -3.55. The van der Waals surface area contributed by atoms with E-state index in [0.717, 1.165) is 19.4 Å². The van der Waals surface area contributed by atoms with Crippen LogP contribution in [0.2, 0.25) is 0 Å². The van der Waals surface area contributed by atoms with Crippen molar-refractivity contribution >= 4 is 21.5 Å². The Morgan fingerprint density at radius 1 is 1.18 bits per heavy atom. The van der Waals surface area contributed by atoms with Crippen molar-refractivity contribution in [3.63, 3.8) is 0 Å². The Morgan fingerprint density at radius 3 is 2.73 bits per heavy atom. The van der Waals surface area contributed by atoms with Gasteiger partial charge in [0.15, 0.2) is 0 Å². The Morgan fingerprint density at radius 2 is 2.00 bits per heavy atom. The van der Waals surface area contributed by atoms with Gasteiger partial charge < -0.3 is 4.18 Å². The lowest BCUT2D eigenvalue weighted by atomic mass is 10.2. The molecular formula is C16H19NO3S2. The van der Waals surface area contributed by atoms with E-state index in [0.29, 0.717) is 18.3 Å². The molecule has 0 radical (unpaired) electrons. The van der Waals surface area contributed by atoms with E-state index in [-0.39, 0.29) is 5.75 Å². The van der Waals surface area contributed by atoms with Crippen LogP contribution in [0, 0.1) is 0 Å². The summed E-state index contributed by atoms with van der Waals surface area (Å²) in [6.07, 6.45) is 2.21. The first-order valence-corrected chi connectivity index (χ1v) is 9.84. The molecule has 0 aliphatic carbocycles. The Balaban J connectivity index is 1.59. The molecule has 3 rings (SSSR count). The van der Waals surface area contributed by atoms with Gasteiger partial charge in [0, 0.05) is 17.5 Å². The Kier molecular flexibility index (Phi) is 4.81. The summed E-state index contributed by atoms with van der Waals surface area (Å²) in [5, 5.41) is 2.07. The molecule has 0 N–H and O–H groups in total. The Labute approximate surface area is 135 Å². The predicted octanol–water partition coefficient (Wildman–Crippen LogP) is 3.29. The normalized spacial score (nSPS) is 19.4. The van der Waals surface area contributed by atoms with Crippen LogP contribution >= 0.6 is 11.3 Å². The van der Waals surface area contributed by atoms with Gasteiger partial charge in [0.05, 0.1) is 5.75 Å². The number of thiophene rings is 1. The minimum Gasteiger partial charge on any atom is -0.382 e. The maximum absolute atomic E-state index is 12.1. The van der Waals surface area contributed by atoms with Gasteiger partial charge in [-0.3, -0.25) is 4.90 Å². The molecule has 1 aliphatic heterocycles. The van der Waals surface area contributed by atoms with Crippen molar-refractivity contribution in [2.75, 3.05) is 18.8 Å². The highest BCUT2D eigenvalue weighted by Crippen LogP contribution is 2.34. The highest BCUT2D eigenvalue weighted by Gasteiger charge is 2.28. The zero-order chi connectivity index (χ0) is 15.4. The number of para-hydroxylation sites is 1. The van der Waals surface area contributed by atoms with Gasteiger partial charge in [-0.05, 0) is 43.0 Å².